The van der Waals surface area contributed by atoms with Gasteiger partial charge in [-0.05, 0) is 58.7 Å². The Morgan fingerprint density at radius 2 is 1.85 bits per heavy atom. The van der Waals surface area contributed by atoms with E-state index in [1.165, 1.54) is 5.57 Å². The van der Waals surface area contributed by atoms with E-state index in [0.29, 0.717) is 17.2 Å². The Kier molecular flexibility index (Phi) is 4.68. The maximum atomic E-state index is 10.7. The van der Waals surface area contributed by atoms with Gasteiger partial charge in [0, 0.05) is 53.5 Å². The molecule has 0 unspecified atom stereocenters. The van der Waals surface area contributed by atoms with E-state index >= 15 is 0 Å². The molecular weight excluding hydrogens is 414 g/mol. The summed E-state index contributed by atoms with van der Waals surface area (Å²) in [7, 11) is 1.89. The number of pyridine rings is 1. The number of nitrogens with one attached hydrogen (secondary N) is 1. The first kappa shape index (κ1) is 21.3. The highest BCUT2D eigenvalue weighted by atomic mass is 16.3. The van der Waals surface area contributed by atoms with E-state index in [9.17, 15) is 5.11 Å². The van der Waals surface area contributed by atoms with Gasteiger partial charge in [-0.2, -0.15) is 5.10 Å². The molecule has 0 fully saturated rings. The van der Waals surface area contributed by atoms with Gasteiger partial charge in [-0.15, -0.1) is 0 Å². The zero-order chi connectivity index (χ0) is 23.5. The summed E-state index contributed by atoms with van der Waals surface area (Å²) >= 11 is 0. The number of aromatic hydroxyl groups is 1. The highest BCUT2D eigenvalue weighted by Crippen LogP contribution is 2.34. The van der Waals surface area contributed by atoms with Crippen molar-refractivity contribution in [3.05, 3.63) is 54.4 Å². The van der Waals surface area contributed by atoms with Gasteiger partial charge in [0.1, 0.15) is 17.1 Å². The monoisotopic (exact) mass is 443 g/mol. The van der Waals surface area contributed by atoms with Crippen LogP contribution in [0, 0.1) is 6.92 Å². The quantitative estimate of drug-likeness (QED) is 0.494. The predicted molar refractivity (Wildman–Crippen MR) is 129 cm³/mol. The first-order chi connectivity index (χ1) is 15.5. The Bertz CT molecular complexity index is 1410. The number of rotatable bonds is 3. The van der Waals surface area contributed by atoms with Crippen LogP contribution < -0.4 is 5.32 Å². The molecule has 1 aliphatic heterocycles. The Balaban J connectivity index is 1.51. The molecular formula is C25H29N7O. The minimum atomic E-state index is -0.116. The molecule has 0 aliphatic carbocycles. The summed E-state index contributed by atoms with van der Waals surface area (Å²) in [4.78, 5) is 14.0. The number of hydrogen-bond acceptors (Lipinski definition) is 6. The van der Waals surface area contributed by atoms with Gasteiger partial charge in [-0.25, -0.2) is 15.0 Å². The van der Waals surface area contributed by atoms with Gasteiger partial charge >= 0.3 is 0 Å². The van der Waals surface area contributed by atoms with Crippen LogP contribution in [0.3, 0.4) is 0 Å². The number of imidazole rings is 1. The summed E-state index contributed by atoms with van der Waals surface area (Å²) in [5.74, 6) is 0.648. The number of aromatic nitrogens is 6. The fourth-order valence-corrected chi connectivity index (χ4v) is 4.82. The molecule has 1 aliphatic rings. The van der Waals surface area contributed by atoms with Crippen LogP contribution in [-0.4, -0.2) is 45.3 Å². The Hall–Kier alpha value is -3.52. The van der Waals surface area contributed by atoms with Gasteiger partial charge in [0.25, 0.3) is 0 Å². The van der Waals surface area contributed by atoms with Gasteiger partial charge in [-0.1, -0.05) is 6.08 Å². The van der Waals surface area contributed by atoms with Gasteiger partial charge in [0.05, 0.1) is 11.9 Å². The Morgan fingerprint density at radius 1 is 1.09 bits per heavy atom. The zero-order valence-electron chi connectivity index (χ0n) is 19.9. The number of aryl methyl sites for hydroxylation is 1. The van der Waals surface area contributed by atoms with Crippen molar-refractivity contribution in [2.24, 2.45) is 7.05 Å². The molecule has 8 heteroatoms. The van der Waals surface area contributed by atoms with E-state index < -0.39 is 0 Å². The van der Waals surface area contributed by atoms with Crippen LogP contribution in [0.2, 0.25) is 0 Å². The summed E-state index contributed by atoms with van der Waals surface area (Å²) < 4.78 is 3.66. The van der Waals surface area contributed by atoms with E-state index in [0.717, 1.165) is 28.9 Å². The van der Waals surface area contributed by atoms with Crippen molar-refractivity contribution in [1.82, 2.24) is 34.4 Å². The summed E-state index contributed by atoms with van der Waals surface area (Å²) in [5, 5.41) is 18.7. The lowest BCUT2D eigenvalue weighted by Gasteiger charge is -2.41. The molecule has 8 nitrogen and oxygen atoms in total. The van der Waals surface area contributed by atoms with Gasteiger partial charge in [0.15, 0.2) is 0 Å². The molecule has 0 bridgehead atoms. The SMILES string of the molecule is Cc1c(-c2cnc(-c3cn4ccc(C5=CC(C)(C)NC(C)(C)C5)nc4n3)c(O)c2)cnn1C. The molecule has 170 valence electrons. The lowest BCUT2D eigenvalue weighted by atomic mass is 9.82. The third-order valence-corrected chi connectivity index (χ3v) is 6.14. The molecule has 4 aromatic rings. The molecule has 2 N–H and O–H groups in total. The lowest BCUT2D eigenvalue weighted by molar-refractivity contribution is 0.297. The molecule has 33 heavy (non-hydrogen) atoms. The van der Waals surface area contributed by atoms with Gasteiger partial charge < -0.3 is 10.4 Å². The van der Waals surface area contributed by atoms with Crippen LogP contribution in [0.1, 0.15) is 45.5 Å². The molecule has 5 heterocycles. The molecule has 0 radical (unpaired) electrons. The van der Waals surface area contributed by atoms with Crippen LogP contribution in [0.4, 0.5) is 0 Å². The predicted octanol–water partition coefficient (Wildman–Crippen LogP) is 4.14. The molecule has 0 amide bonds. The standard InChI is InChI=1S/C25H29N7O/c1-15-18(13-27-31(15)6)16-9-21(33)22(26-12-16)20-14-32-8-7-19(28-23(32)29-20)17-10-24(2,3)30-25(4,5)11-17/h7-10,12-14,30,33H,11H2,1-6H3. The van der Waals surface area contributed by atoms with Crippen molar-refractivity contribution in [3.63, 3.8) is 0 Å². The topological polar surface area (TPSA) is 93.2 Å². The van der Waals surface area contributed by atoms with E-state index in [2.05, 4.69) is 54.2 Å². The van der Waals surface area contributed by atoms with Crippen LogP contribution in [-0.2, 0) is 7.05 Å². The highest BCUT2D eigenvalue weighted by molar-refractivity contribution is 5.72. The van der Waals surface area contributed by atoms with Crippen molar-refractivity contribution < 1.29 is 5.11 Å². The van der Waals surface area contributed by atoms with Crippen LogP contribution in [0.15, 0.2) is 43.0 Å². The molecule has 0 aromatic carbocycles. The second-order valence-corrected chi connectivity index (χ2v) is 10.1. The van der Waals surface area contributed by atoms with Crippen LogP contribution >= 0.6 is 0 Å². The van der Waals surface area contributed by atoms with Crippen molar-refractivity contribution in [1.29, 1.82) is 0 Å². The molecule has 0 spiro atoms. The second-order valence-electron chi connectivity index (χ2n) is 10.1. The summed E-state index contributed by atoms with van der Waals surface area (Å²) in [5.41, 5.74) is 5.74. The van der Waals surface area contributed by atoms with Gasteiger partial charge in [0.2, 0.25) is 5.78 Å². The summed E-state index contributed by atoms with van der Waals surface area (Å²) in [6, 6.07) is 3.72. The summed E-state index contributed by atoms with van der Waals surface area (Å²) in [6.45, 7) is 10.7. The first-order valence-corrected chi connectivity index (χ1v) is 11.1. The highest BCUT2D eigenvalue weighted by Gasteiger charge is 2.33. The van der Waals surface area contributed by atoms with Crippen molar-refractivity contribution >= 4 is 11.4 Å². The van der Waals surface area contributed by atoms with Crippen LogP contribution in [0.5, 0.6) is 5.75 Å². The molecule has 0 saturated heterocycles. The maximum Gasteiger partial charge on any atom is 0.234 e. The van der Waals surface area contributed by atoms with E-state index in [1.54, 1.807) is 23.1 Å². The first-order valence-electron chi connectivity index (χ1n) is 11.1. The average molecular weight is 444 g/mol. The maximum absolute atomic E-state index is 10.7. The summed E-state index contributed by atoms with van der Waals surface area (Å²) in [6.07, 6.45) is 10.4. The Morgan fingerprint density at radius 3 is 2.52 bits per heavy atom. The third kappa shape index (κ3) is 3.91. The smallest absolute Gasteiger partial charge is 0.234 e. The zero-order valence-corrected chi connectivity index (χ0v) is 19.9. The minimum absolute atomic E-state index is 0.0218. The largest absolute Gasteiger partial charge is 0.506 e. The van der Waals surface area contributed by atoms with Crippen molar-refractivity contribution in [2.75, 3.05) is 0 Å². The molecule has 0 saturated carbocycles. The normalized spacial score (nSPS) is 17.3. The average Bonchev–Trinajstić information content (AvgIpc) is 3.28. The van der Waals surface area contributed by atoms with E-state index in [-0.39, 0.29) is 16.8 Å². The van der Waals surface area contributed by atoms with E-state index in [1.807, 2.05) is 36.8 Å². The lowest BCUT2D eigenvalue weighted by Crippen LogP contribution is -2.53. The number of hydrogen-bond donors (Lipinski definition) is 2. The van der Waals surface area contributed by atoms with E-state index in [4.69, 9.17) is 4.98 Å². The fraction of sp³-hybridized carbons (Fsp3) is 0.360. The van der Waals surface area contributed by atoms with Gasteiger partial charge in [-0.3, -0.25) is 9.08 Å². The fourth-order valence-electron chi connectivity index (χ4n) is 4.82. The number of fused-ring (bicyclic) bond motifs is 1. The van der Waals surface area contributed by atoms with Crippen molar-refractivity contribution in [2.45, 2.75) is 52.1 Å². The third-order valence-electron chi connectivity index (χ3n) is 6.14. The molecule has 0 atom stereocenters. The Labute approximate surface area is 193 Å². The van der Waals surface area contributed by atoms with Crippen LogP contribution in [0.25, 0.3) is 33.9 Å². The molecule has 4 aromatic heterocycles. The minimum Gasteiger partial charge on any atom is -0.506 e. The molecule has 5 rings (SSSR count). The number of nitrogens with zero attached hydrogens (tertiary/aromatic N) is 6. The van der Waals surface area contributed by atoms with Crippen molar-refractivity contribution in [3.8, 4) is 28.3 Å². The second kappa shape index (κ2) is 7.25.